The SMILES string of the molecule is CCc1ccc(C(=O)N(CCCN(CC)CC)[C@@H](c2nc3cc(Cl)ccc3n2Cc2ccccc2)C(C)C)cc1. The number of nitrogens with zero attached hydrogens (tertiary/aromatic N) is 4. The molecule has 0 radical (unpaired) electrons. The first-order valence-corrected chi connectivity index (χ1v) is 15.1. The maximum absolute atomic E-state index is 14.3. The molecule has 6 heteroatoms. The Morgan fingerprint density at radius 1 is 0.900 bits per heavy atom. The number of imidazole rings is 1. The molecule has 0 fully saturated rings. The zero-order valence-electron chi connectivity index (χ0n) is 24.6. The fourth-order valence-corrected chi connectivity index (χ4v) is 5.66. The first-order valence-electron chi connectivity index (χ1n) is 14.7. The highest BCUT2D eigenvalue weighted by atomic mass is 35.5. The van der Waals surface area contributed by atoms with Crippen LogP contribution in [0.5, 0.6) is 0 Å². The Bertz CT molecular complexity index is 1380. The van der Waals surface area contributed by atoms with Gasteiger partial charge in [0.25, 0.3) is 5.91 Å². The monoisotopic (exact) mass is 558 g/mol. The largest absolute Gasteiger partial charge is 0.328 e. The topological polar surface area (TPSA) is 41.4 Å². The van der Waals surface area contributed by atoms with Gasteiger partial charge in [0.2, 0.25) is 0 Å². The van der Waals surface area contributed by atoms with Crippen LogP contribution < -0.4 is 0 Å². The normalized spacial score (nSPS) is 12.4. The minimum atomic E-state index is -0.204. The minimum absolute atomic E-state index is 0.0530. The van der Waals surface area contributed by atoms with Crippen molar-refractivity contribution in [3.63, 3.8) is 0 Å². The van der Waals surface area contributed by atoms with Gasteiger partial charge in [0, 0.05) is 23.7 Å². The molecular weight excluding hydrogens is 516 g/mol. The van der Waals surface area contributed by atoms with E-state index in [9.17, 15) is 4.79 Å². The highest BCUT2D eigenvalue weighted by molar-refractivity contribution is 6.31. The molecule has 0 saturated heterocycles. The molecule has 0 N–H and O–H groups in total. The lowest BCUT2D eigenvalue weighted by molar-refractivity contribution is 0.0595. The van der Waals surface area contributed by atoms with Crippen LogP contribution in [-0.2, 0) is 13.0 Å². The second kappa shape index (κ2) is 14.0. The van der Waals surface area contributed by atoms with E-state index in [2.05, 4.69) is 85.4 Å². The summed E-state index contributed by atoms with van der Waals surface area (Å²) in [6.07, 6.45) is 1.84. The van der Waals surface area contributed by atoms with Crippen LogP contribution in [0.2, 0.25) is 5.02 Å². The predicted molar refractivity (Wildman–Crippen MR) is 167 cm³/mol. The minimum Gasteiger partial charge on any atom is -0.328 e. The van der Waals surface area contributed by atoms with Gasteiger partial charge in [-0.1, -0.05) is 88.7 Å². The summed E-state index contributed by atoms with van der Waals surface area (Å²) in [5.41, 5.74) is 5.02. The molecule has 0 saturated carbocycles. The number of benzene rings is 3. The molecule has 3 aromatic carbocycles. The molecule has 1 amide bonds. The molecule has 5 nitrogen and oxygen atoms in total. The lowest BCUT2D eigenvalue weighted by atomic mass is 9.99. The van der Waals surface area contributed by atoms with E-state index in [1.165, 1.54) is 11.1 Å². The number of carbonyl (C=O) groups excluding carboxylic acids is 1. The molecule has 4 aromatic rings. The average molecular weight is 559 g/mol. The van der Waals surface area contributed by atoms with Crippen molar-refractivity contribution in [2.45, 2.75) is 60.0 Å². The number of halogens is 1. The predicted octanol–water partition coefficient (Wildman–Crippen LogP) is 7.87. The number of carbonyl (C=O) groups is 1. The summed E-state index contributed by atoms with van der Waals surface area (Å²) >= 11 is 6.41. The van der Waals surface area contributed by atoms with Crippen molar-refractivity contribution in [3.05, 3.63) is 100 Å². The van der Waals surface area contributed by atoms with Crippen LogP contribution >= 0.6 is 11.6 Å². The molecule has 0 spiro atoms. The summed E-state index contributed by atoms with van der Waals surface area (Å²) in [7, 11) is 0. The van der Waals surface area contributed by atoms with Crippen molar-refractivity contribution in [3.8, 4) is 0 Å². The van der Waals surface area contributed by atoms with Gasteiger partial charge in [0.05, 0.1) is 17.1 Å². The van der Waals surface area contributed by atoms with E-state index in [1.807, 2.05) is 36.4 Å². The van der Waals surface area contributed by atoms with Crippen LogP contribution in [0.4, 0.5) is 0 Å². The first kappa shape index (κ1) is 29.8. The molecule has 1 heterocycles. The molecular formula is C34H43ClN4O. The lowest BCUT2D eigenvalue weighted by Crippen LogP contribution is -2.40. The van der Waals surface area contributed by atoms with Gasteiger partial charge in [-0.3, -0.25) is 4.79 Å². The van der Waals surface area contributed by atoms with Gasteiger partial charge in [-0.05, 0) is 79.9 Å². The number of amides is 1. The average Bonchev–Trinajstić information content (AvgIpc) is 3.30. The van der Waals surface area contributed by atoms with Crippen LogP contribution in [0.1, 0.15) is 74.4 Å². The van der Waals surface area contributed by atoms with Gasteiger partial charge in [0.15, 0.2) is 0 Å². The zero-order chi connectivity index (χ0) is 28.6. The third-order valence-electron chi connectivity index (χ3n) is 7.79. The van der Waals surface area contributed by atoms with Crippen molar-refractivity contribution in [2.75, 3.05) is 26.2 Å². The molecule has 0 aliphatic carbocycles. The molecule has 1 atom stereocenters. The van der Waals surface area contributed by atoms with E-state index >= 15 is 0 Å². The summed E-state index contributed by atoms with van der Waals surface area (Å²) in [6, 6.07) is 24.2. The van der Waals surface area contributed by atoms with Gasteiger partial charge >= 0.3 is 0 Å². The third-order valence-corrected chi connectivity index (χ3v) is 8.03. The van der Waals surface area contributed by atoms with E-state index < -0.39 is 0 Å². The van der Waals surface area contributed by atoms with Crippen LogP contribution in [-0.4, -0.2) is 51.4 Å². The molecule has 0 bridgehead atoms. The first-order chi connectivity index (χ1) is 19.4. The molecule has 212 valence electrons. The van der Waals surface area contributed by atoms with Crippen molar-refractivity contribution in [2.24, 2.45) is 5.92 Å². The Labute approximate surface area is 244 Å². The van der Waals surface area contributed by atoms with Gasteiger partial charge in [-0.2, -0.15) is 0 Å². The molecule has 0 unspecified atom stereocenters. The molecule has 40 heavy (non-hydrogen) atoms. The Kier molecular flexibility index (Phi) is 10.4. The Morgan fingerprint density at radius 2 is 1.60 bits per heavy atom. The van der Waals surface area contributed by atoms with Gasteiger partial charge in [-0.25, -0.2) is 4.98 Å². The molecule has 1 aromatic heterocycles. The maximum atomic E-state index is 14.3. The van der Waals surface area contributed by atoms with E-state index in [1.54, 1.807) is 0 Å². The third kappa shape index (κ3) is 6.94. The summed E-state index contributed by atoms with van der Waals surface area (Å²) in [4.78, 5) is 23.9. The number of rotatable bonds is 13. The summed E-state index contributed by atoms with van der Waals surface area (Å²) < 4.78 is 2.27. The Morgan fingerprint density at radius 3 is 2.23 bits per heavy atom. The summed E-state index contributed by atoms with van der Waals surface area (Å²) in [5.74, 6) is 1.10. The number of fused-ring (bicyclic) bond motifs is 1. The summed E-state index contributed by atoms with van der Waals surface area (Å²) in [5, 5.41) is 0.660. The second-order valence-electron chi connectivity index (χ2n) is 10.8. The highest BCUT2D eigenvalue weighted by Crippen LogP contribution is 2.34. The van der Waals surface area contributed by atoms with E-state index in [0.29, 0.717) is 18.1 Å². The van der Waals surface area contributed by atoms with E-state index in [0.717, 1.165) is 54.9 Å². The Balaban J connectivity index is 1.81. The fraction of sp³-hybridized carbons (Fsp3) is 0.412. The number of aryl methyl sites for hydroxylation is 1. The fourth-order valence-electron chi connectivity index (χ4n) is 5.50. The Hall–Kier alpha value is -3.15. The van der Waals surface area contributed by atoms with Gasteiger partial charge < -0.3 is 14.4 Å². The van der Waals surface area contributed by atoms with Crippen LogP contribution in [0, 0.1) is 5.92 Å². The van der Waals surface area contributed by atoms with Crippen molar-refractivity contribution < 1.29 is 4.79 Å². The van der Waals surface area contributed by atoms with Crippen LogP contribution in [0.15, 0.2) is 72.8 Å². The quantitative estimate of drug-likeness (QED) is 0.168. The standard InChI is InChI=1S/C34H43ClN4O/c1-6-26-15-17-28(18-16-26)34(40)38(22-12-21-37(7-2)8-3)32(25(4)5)33-36-30-23-29(35)19-20-31(30)39(33)24-27-13-10-9-11-14-27/h9-11,13-20,23,25,32H,6-8,12,21-22,24H2,1-5H3/t32-/m1/s1. The number of aromatic nitrogens is 2. The van der Waals surface area contributed by atoms with Crippen molar-refractivity contribution in [1.29, 1.82) is 0 Å². The van der Waals surface area contributed by atoms with Gasteiger partial charge in [-0.15, -0.1) is 0 Å². The molecule has 0 aliphatic rings. The summed E-state index contributed by atoms with van der Waals surface area (Å²) in [6.45, 7) is 15.2. The van der Waals surface area contributed by atoms with Crippen molar-refractivity contribution >= 4 is 28.5 Å². The maximum Gasteiger partial charge on any atom is 0.254 e. The van der Waals surface area contributed by atoms with Crippen LogP contribution in [0.25, 0.3) is 11.0 Å². The smallest absolute Gasteiger partial charge is 0.254 e. The highest BCUT2D eigenvalue weighted by Gasteiger charge is 2.33. The second-order valence-corrected chi connectivity index (χ2v) is 11.2. The number of hydrogen-bond donors (Lipinski definition) is 0. The lowest BCUT2D eigenvalue weighted by Gasteiger charge is -2.35. The van der Waals surface area contributed by atoms with Crippen molar-refractivity contribution in [1.82, 2.24) is 19.4 Å². The molecule has 0 aliphatic heterocycles. The molecule has 4 rings (SSSR count). The number of hydrogen-bond acceptors (Lipinski definition) is 3. The van der Waals surface area contributed by atoms with Gasteiger partial charge in [0.1, 0.15) is 5.82 Å². The van der Waals surface area contributed by atoms with E-state index in [-0.39, 0.29) is 17.9 Å². The van der Waals surface area contributed by atoms with E-state index in [4.69, 9.17) is 16.6 Å². The zero-order valence-corrected chi connectivity index (χ0v) is 25.4. The van der Waals surface area contributed by atoms with Crippen LogP contribution in [0.3, 0.4) is 0 Å².